The first-order chi connectivity index (χ1) is 9.43. The molecule has 0 radical (unpaired) electrons. The highest BCUT2D eigenvalue weighted by Gasteiger charge is 2.33. The molecule has 0 amide bonds. The summed E-state index contributed by atoms with van der Waals surface area (Å²) in [6.45, 7) is 1.36. The van der Waals surface area contributed by atoms with Gasteiger partial charge in [-0.25, -0.2) is 4.98 Å². The molecule has 114 valence electrons. The van der Waals surface area contributed by atoms with Crippen LogP contribution in [-0.4, -0.2) is 43.5 Å². The zero-order valence-electron chi connectivity index (χ0n) is 10.7. The average molecular weight is 315 g/mol. The smallest absolute Gasteiger partial charge is 0.433 e. The second kappa shape index (κ2) is 8.23. The van der Waals surface area contributed by atoms with Gasteiger partial charge in [-0.3, -0.25) is 0 Å². The minimum Gasteiger partial charge on any atom is -0.475 e. The summed E-state index contributed by atoms with van der Waals surface area (Å²) in [6, 6.07) is 0.691. The topological polar surface area (TPSA) is 53.5 Å². The molecule has 0 spiro atoms. The van der Waals surface area contributed by atoms with E-state index in [9.17, 15) is 13.2 Å². The van der Waals surface area contributed by atoms with Crippen LogP contribution in [0.1, 0.15) is 12.1 Å². The predicted molar refractivity (Wildman–Crippen MR) is 64.9 cm³/mol. The number of nitrogens with zero attached hydrogens (tertiary/aromatic N) is 2. The Kier molecular flexibility index (Phi) is 6.97. The average Bonchev–Trinajstić information content (AvgIpc) is 2.36. The molecule has 0 unspecified atom stereocenters. The molecule has 1 rings (SSSR count). The zero-order valence-corrected chi connectivity index (χ0v) is 11.5. The van der Waals surface area contributed by atoms with Gasteiger partial charge in [0.2, 0.25) is 11.2 Å². The molecular weight excluding hydrogens is 301 g/mol. The van der Waals surface area contributed by atoms with Crippen LogP contribution in [0.4, 0.5) is 13.2 Å². The van der Waals surface area contributed by atoms with Crippen LogP contribution in [0.25, 0.3) is 0 Å². The molecule has 0 bridgehead atoms. The van der Waals surface area contributed by atoms with E-state index in [1.165, 1.54) is 0 Å². The van der Waals surface area contributed by atoms with Crippen LogP contribution < -0.4 is 4.74 Å². The number of aromatic nitrogens is 2. The SMILES string of the molecule is COCCCOCCOc1cc(C(F)(F)F)nc(Cl)n1. The Balaban J connectivity index is 2.39. The van der Waals surface area contributed by atoms with Crippen LogP contribution in [0.3, 0.4) is 0 Å². The van der Waals surface area contributed by atoms with Gasteiger partial charge in [-0.05, 0) is 18.0 Å². The lowest BCUT2D eigenvalue weighted by Crippen LogP contribution is -2.12. The van der Waals surface area contributed by atoms with Crippen LogP contribution in [0.5, 0.6) is 5.88 Å². The molecule has 0 saturated heterocycles. The summed E-state index contributed by atoms with van der Waals surface area (Å²) < 4.78 is 52.4. The maximum absolute atomic E-state index is 12.5. The molecular formula is C11H14ClF3N2O3. The third kappa shape index (κ3) is 6.36. The summed E-state index contributed by atoms with van der Waals surface area (Å²) in [5, 5.41) is -0.518. The first-order valence-electron chi connectivity index (χ1n) is 5.74. The lowest BCUT2D eigenvalue weighted by Gasteiger charge is -2.09. The molecule has 5 nitrogen and oxygen atoms in total. The number of rotatable bonds is 8. The number of halogens is 4. The van der Waals surface area contributed by atoms with E-state index in [1.807, 2.05) is 0 Å². The standard InChI is InChI=1S/C11H14ClF3N2O3/c1-18-3-2-4-19-5-6-20-9-7-8(11(13,14)15)16-10(12)17-9/h7H,2-6H2,1H3. The molecule has 9 heteroatoms. The van der Waals surface area contributed by atoms with Gasteiger partial charge >= 0.3 is 6.18 Å². The predicted octanol–water partition coefficient (Wildman–Crippen LogP) is 2.58. The summed E-state index contributed by atoms with van der Waals surface area (Å²) >= 11 is 5.41. The molecule has 0 N–H and O–H groups in total. The van der Waals surface area contributed by atoms with Gasteiger partial charge in [-0.1, -0.05) is 0 Å². The van der Waals surface area contributed by atoms with Gasteiger partial charge < -0.3 is 14.2 Å². The summed E-state index contributed by atoms with van der Waals surface area (Å²) in [5.74, 6) is -0.238. The van der Waals surface area contributed by atoms with Crippen molar-refractivity contribution in [2.45, 2.75) is 12.6 Å². The van der Waals surface area contributed by atoms with Crippen molar-refractivity contribution in [3.05, 3.63) is 17.0 Å². The van der Waals surface area contributed by atoms with E-state index in [0.29, 0.717) is 19.3 Å². The van der Waals surface area contributed by atoms with E-state index >= 15 is 0 Å². The normalized spacial score (nSPS) is 11.7. The van der Waals surface area contributed by atoms with Crippen molar-refractivity contribution in [2.24, 2.45) is 0 Å². The minimum atomic E-state index is -4.60. The monoisotopic (exact) mass is 314 g/mol. The van der Waals surface area contributed by atoms with Crippen LogP contribution in [0.15, 0.2) is 6.07 Å². The Morgan fingerprint density at radius 3 is 2.55 bits per heavy atom. The van der Waals surface area contributed by atoms with Crippen molar-refractivity contribution < 1.29 is 27.4 Å². The number of alkyl halides is 3. The number of hydrogen-bond acceptors (Lipinski definition) is 5. The Hall–Kier alpha value is -1.12. The summed E-state index contributed by atoms with van der Waals surface area (Å²) in [6.07, 6.45) is -3.87. The third-order valence-corrected chi connectivity index (χ3v) is 2.25. The van der Waals surface area contributed by atoms with E-state index < -0.39 is 17.2 Å². The van der Waals surface area contributed by atoms with Crippen molar-refractivity contribution in [2.75, 3.05) is 33.5 Å². The lowest BCUT2D eigenvalue weighted by molar-refractivity contribution is -0.141. The van der Waals surface area contributed by atoms with Crippen molar-refractivity contribution in [1.29, 1.82) is 0 Å². The van der Waals surface area contributed by atoms with E-state index in [-0.39, 0.29) is 19.1 Å². The Morgan fingerprint density at radius 1 is 1.15 bits per heavy atom. The molecule has 0 saturated carbocycles. The Labute approximate surface area is 119 Å². The quantitative estimate of drug-likeness (QED) is 0.545. The molecule has 0 aromatic carbocycles. The highest BCUT2D eigenvalue weighted by atomic mass is 35.5. The fourth-order valence-electron chi connectivity index (χ4n) is 1.23. The van der Waals surface area contributed by atoms with Gasteiger partial charge in [0.1, 0.15) is 6.61 Å². The minimum absolute atomic E-state index is 0.0671. The summed E-state index contributed by atoms with van der Waals surface area (Å²) in [4.78, 5) is 6.64. The highest BCUT2D eigenvalue weighted by molar-refractivity contribution is 6.28. The van der Waals surface area contributed by atoms with E-state index in [4.69, 9.17) is 25.8 Å². The fraction of sp³-hybridized carbons (Fsp3) is 0.636. The fourth-order valence-corrected chi connectivity index (χ4v) is 1.40. The van der Waals surface area contributed by atoms with E-state index in [2.05, 4.69) is 9.97 Å². The van der Waals surface area contributed by atoms with Crippen LogP contribution >= 0.6 is 11.6 Å². The van der Waals surface area contributed by atoms with E-state index in [1.54, 1.807) is 7.11 Å². The van der Waals surface area contributed by atoms with Gasteiger partial charge in [0, 0.05) is 26.4 Å². The molecule has 1 aromatic rings. The molecule has 1 aromatic heterocycles. The number of methoxy groups -OCH3 is 1. The first-order valence-corrected chi connectivity index (χ1v) is 6.12. The summed E-state index contributed by atoms with van der Waals surface area (Å²) in [7, 11) is 1.58. The van der Waals surface area contributed by atoms with Gasteiger partial charge in [-0.15, -0.1) is 0 Å². The summed E-state index contributed by atoms with van der Waals surface area (Å²) in [5.41, 5.74) is -1.14. The van der Waals surface area contributed by atoms with E-state index in [0.717, 1.165) is 6.42 Å². The molecule has 0 aliphatic carbocycles. The Bertz CT molecular complexity index is 418. The Morgan fingerprint density at radius 2 is 1.90 bits per heavy atom. The second-order valence-corrected chi connectivity index (χ2v) is 4.00. The highest BCUT2D eigenvalue weighted by Crippen LogP contribution is 2.30. The first kappa shape index (κ1) is 16.9. The molecule has 0 atom stereocenters. The molecule has 0 aliphatic rings. The van der Waals surface area contributed by atoms with Crippen molar-refractivity contribution >= 4 is 11.6 Å². The van der Waals surface area contributed by atoms with Crippen molar-refractivity contribution in [1.82, 2.24) is 9.97 Å². The second-order valence-electron chi connectivity index (χ2n) is 3.67. The maximum atomic E-state index is 12.5. The lowest BCUT2D eigenvalue weighted by atomic mass is 10.4. The zero-order chi connectivity index (χ0) is 15.0. The third-order valence-electron chi connectivity index (χ3n) is 2.08. The van der Waals surface area contributed by atoms with Gasteiger partial charge in [0.25, 0.3) is 0 Å². The number of ether oxygens (including phenoxy) is 3. The van der Waals surface area contributed by atoms with Gasteiger partial charge in [-0.2, -0.15) is 18.2 Å². The number of hydrogen-bond donors (Lipinski definition) is 0. The van der Waals surface area contributed by atoms with Gasteiger partial charge in [0.15, 0.2) is 5.69 Å². The van der Waals surface area contributed by atoms with Crippen molar-refractivity contribution in [3.8, 4) is 5.88 Å². The van der Waals surface area contributed by atoms with Crippen LogP contribution in [0.2, 0.25) is 5.28 Å². The largest absolute Gasteiger partial charge is 0.475 e. The molecule has 0 fully saturated rings. The van der Waals surface area contributed by atoms with Crippen LogP contribution in [-0.2, 0) is 15.7 Å². The maximum Gasteiger partial charge on any atom is 0.433 e. The molecule has 20 heavy (non-hydrogen) atoms. The molecule has 1 heterocycles. The van der Waals surface area contributed by atoms with Crippen LogP contribution in [0, 0.1) is 0 Å². The molecule has 0 aliphatic heterocycles. The van der Waals surface area contributed by atoms with Gasteiger partial charge in [0.05, 0.1) is 6.61 Å². The van der Waals surface area contributed by atoms with Crippen molar-refractivity contribution in [3.63, 3.8) is 0 Å².